The summed E-state index contributed by atoms with van der Waals surface area (Å²) in [5, 5.41) is 9.39. The van der Waals surface area contributed by atoms with Crippen LogP contribution < -0.4 is 15.5 Å². The van der Waals surface area contributed by atoms with Gasteiger partial charge in [-0.25, -0.2) is 9.78 Å². The number of hydrogen-bond acceptors (Lipinski definition) is 6. The topological polar surface area (TPSA) is 96.2 Å². The number of rotatable bonds is 5. The van der Waals surface area contributed by atoms with Crippen LogP contribution in [0.4, 0.5) is 16.3 Å². The molecule has 24 heavy (non-hydrogen) atoms. The normalized spacial score (nSPS) is 14.5. The number of piperidine rings is 1. The van der Waals surface area contributed by atoms with Crippen molar-refractivity contribution >= 4 is 17.5 Å². The third-order valence-electron chi connectivity index (χ3n) is 3.88. The van der Waals surface area contributed by atoms with Gasteiger partial charge in [0.05, 0.1) is 5.69 Å². The van der Waals surface area contributed by atoms with Gasteiger partial charge in [0.15, 0.2) is 11.6 Å². The molecule has 0 saturated carbocycles. The van der Waals surface area contributed by atoms with E-state index in [1.165, 1.54) is 6.42 Å². The van der Waals surface area contributed by atoms with E-state index in [0.717, 1.165) is 37.4 Å². The molecule has 3 heterocycles. The molecule has 1 aliphatic rings. The Bertz CT molecular complexity index is 681. The zero-order valence-electron chi connectivity index (χ0n) is 13.8. The Balaban J connectivity index is 1.54. The SMILES string of the molecule is Cc1noc(CCNC(=O)Nc2cccnc2N2CCCCC2)n1. The molecule has 1 aliphatic heterocycles. The van der Waals surface area contributed by atoms with Gasteiger partial charge in [-0.05, 0) is 38.3 Å². The first-order chi connectivity index (χ1) is 11.7. The Labute approximate surface area is 140 Å². The third kappa shape index (κ3) is 4.21. The Morgan fingerprint density at radius 2 is 2.17 bits per heavy atom. The molecule has 2 aromatic rings. The van der Waals surface area contributed by atoms with Crippen molar-refractivity contribution in [1.82, 2.24) is 20.4 Å². The van der Waals surface area contributed by atoms with Crippen molar-refractivity contribution in [2.24, 2.45) is 0 Å². The van der Waals surface area contributed by atoms with Crippen molar-refractivity contribution in [3.8, 4) is 0 Å². The smallest absolute Gasteiger partial charge is 0.319 e. The standard InChI is InChI=1S/C16H22N6O2/c1-12-19-14(24-21-12)7-9-18-16(23)20-13-6-5-8-17-15(13)22-10-3-2-4-11-22/h5-6,8H,2-4,7,9-11H2,1H3,(H2,18,20,23). The van der Waals surface area contributed by atoms with E-state index in [9.17, 15) is 4.79 Å². The molecule has 0 spiro atoms. The lowest BCUT2D eigenvalue weighted by Gasteiger charge is -2.29. The molecule has 1 fully saturated rings. The fourth-order valence-corrected chi connectivity index (χ4v) is 2.74. The summed E-state index contributed by atoms with van der Waals surface area (Å²) in [4.78, 5) is 22.9. The van der Waals surface area contributed by atoms with Crippen LogP contribution in [0.5, 0.6) is 0 Å². The molecule has 0 unspecified atom stereocenters. The summed E-state index contributed by atoms with van der Waals surface area (Å²) in [5.41, 5.74) is 0.727. The number of pyridine rings is 1. The monoisotopic (exact) mass is 330 g/mol. The maximum Gasteiger partial charge on any atom is 0.319 e. The minimum absolute atomic E-state index is 0.266. The van der Waals surface area contributed by atoms with Crippen LogP contribution in [0.3, 0.4) is 0 Å². The first-order valence-corrected chi connectivity index (χ1v) is 8.26. The Morgan fingerprint density at radius 1 is 1.33 bits per heavy atom. The van der Waals surface area contributed by atoms with Crippen LogP contribution >= 0.6 is 0 Å². The van der Waals surface area contributed by atoms with Gasteiger partial charge in [-0.1, -0.05) is 5.16 Å². The van der Waals surface area contributed by atoms with Crippen LogP contribution in [0, 0.1) is 6.92 Å². The second-order valence-corrected chi connectivity index (χ2v) is 5.79. The van der Waals surface area contributed by atoms with E-state index in [0.29, 0.717) is 24.7 Å². The number of nitrogens with one attached hydrogen (secondary N) is 2. The first kappa shape index (κ1) is 16.2. The highest BCUT2D eigenvalue weighted by Gasteiger charge is 2.16. The largest absolute Gasteiger partial charge is 0.355 e. The summed E-state index contributed by atoms with van der Waals surface area (Å²) in [5.74, 6) is 1.94. The van der Waals surface area contributed by atoms with Crippen LogP contribution in [-0.2, 0) is 6.42 Å². The van der Waals surface area contributed by atoms with Crippen LogP contribution in [0.25, 0.3) is 0 Å². The summed E-state index contributed by atoms with van der Waals surface area (Å²) < 4.78 is 5.01. The molecular formula is C16H22N6O2. The first-order valence-electron chi connectivity index (χ1n) is 8.26. The predicted octanol–water partition coefficient (Wildman–Crippen LogP) is 2.13. The van der Waals surface area contributed by atoms with Crippen LogP contribution in [-0.4, -0.2) is 40.8 Å². The molecule has 2 amide bonds. The van der Waals surface area contributed by atoms with E-state index in [-0.39, 0.29) is 6.03 Å². The number of aryl methyl sites for hydroxylation is 1. The van der Waals surface area contributed by atoms with Gasteiger partial charge in [-0.3, -0.25) is 0 Å². The number of amides is 2. The molecule has 8 nitrogen and oxygen atoms in total. The van der Waals surface area contributed by atoms with Gasteiger partial charge >= 0.3 is 6.03 Å². The average molecular weight is 330 g/mol. The highest BCUT2D eigenvalue weighted by molar-refractivity contribution is 5.92. The third-order valence-corrected chi connectivity index (χ3v) is 3.88. The molecular weight excluding hydrogens is 308 g/mol. The Kier molecular flexibility index (Phi) is 5.25. The summed E-state index contributed by atoms with van der Waals surface area (Å²) in [6, 6.07) is 3.43. The summed E-state index contributed by atoms with van der Waals surface area (Å²) in [6.45, 7) is 4.14. The molecule has 0 aromatic carbocycles. The van der Waals surface area contributed by atoms with Crippen molar-refractivity contribution in [2.45, 2.75) is 32.6 Å². The van der Waals surface area contributed by atoms with Gasteiger partial charge in [0.25, 0.3) is 0 Å². The van der Waals surface area contributed by atoms with Crippen LogP contribution in [0.15, 0.2) is 22.9 Å². The van der Waals surface area contributed by atoms with E-state index >= 15 is 0 Å². The zero-order valence-corrected chi connectivity index (χ0v) is 13.8. The molecule has 2 aromatic heterocycles. The lowest BCUT2D eigenvalue weighted by molar-refractivity contribution is 0.252. The van der Waals surface area contributed by atoms with Gasteiger partial charge in [-0.2, -0.15) is 4.98 Å². The number of carbonyl (C=O) groups is 1. The quantitative estimate of drug-likeness (QED) is 0.872. The van der Waals surface area contributed by atoms with E-state index in [2.05, 4.69) is 30.7 Å². The number of nitrogens with zero attached hydrogens (tertiary/aromatic N) is 4. The van der Waals surface area contributed by atoms with Gasteiger partial charge in [0.1, 0.15) is 0 Å². The lowest BCUT2D eigenvalue weighted by atomic mass is 10.1. The second kappa shape index (κ2) is 7.76. The molecule has 0 radical (unpaired) electrons. The average Bonchev–Trinajstić information content (AvgIpc) is 3.01. The molecule has 2 N–H and O–H groups in total. The molecule has 8 heteroatoms. The van der Waals surface area contributed by atoms with Gasteiger partial charge in [0.2, 0.25) is 5.89 Å². The van der Waals surface area contributed by atoms with Gasteiger partial charge in [-0.15, -0.1) is 0 Å². The highest BCUT2D eigenvalue weighted by atomic mass is 16.5. The highest BCUT2D eigenvalue weighted by Crippen LogP contribution is 2.25. The zero-order chi connectivity index (χ0) is 16.8. The summed E-state index contributed by atoms with van der Waals surface area (Å²) in [7, 11) is 0. The van der Waals surface area contributed by atoms with Gasteiger partial charge < -0.3 is 20.1 Å². The van der Waals surface area contributed by atoms with E-state index in [1.807, 2.05) is 12.1 Å². The molecule has 0 bridgehead atoms. The Morgan fingerprint density at radius 3 is 2.92 bits per heavy atom. The van der Waals surface area contributed by atoms with Crippen LogP contribution in [0.1, 0.15) is 31.0 Å². The van der Waals surface area contributed by atoms with E-state index in [1.54, 1.807) is 13.1 Å². The van der Waals surface area contributed by atoms with Crippen molar-refractivity contribution < 1.29 is 9.32 Å². The van der Waals surface area contributed by atoms with Crippen molar-refractivity contribution in [1.29, 1.82) is 0 Å². The number of urea groups is 1. The van der Waals surface area contributed by atoms with Gasteiger partial charge in [0, 0.05) is 32.3 Å². The number of aromatic nitrogens is 3. The minimum Gasteiger partial charge on any atom is -0.355 e. The maximum atomic E-state index is 12.1. The van der Waals surface area contributed by atoms with E-state index in [4.69, 9.17) is 4.52 Å². The Hall–Kier alpha value is -2.64. The van der Waals surface area contributed by atoms with E-state index < -0.39 is 0 Å². The lowest BCUT2D eigenvalue weighted by Crippen LogP contribution is -2.34. The van der Waals surface area contributed by atoms with Crippen molar-refractivity contribution in [3.05, 3.63) is 30.0 Å². The predicted molar refractivity (Wildman–Crippen MR) is 90.1 cm³/mol. The van der Waals surface area contributed by atoms with Crippen LogP contribution in [0.2, 0.25) is 0 Å². The molecule has 128 valence electrons. The van der Waals surface area contributed by atoms with Crippen molar-refractivity contribution in [3.63, 3.8) is 0 Å². The fourth-order valence-electron chi connectivity index (χ4n) is 2.74. The summed E-state index contributed by atoms with van der Waals surface area (Å²) >= 11 is 0. The molecule has 3 rings (SSSR count). The van der Waals surface area contributed by atoms with Crippen molar-refractivity contribution in [2.75, 3.05) is 29.9 Å². The maximum absolute atomic E-state index is 12.1. The minimum atomic E-state index is -0.266. The fraction of sp³-hybridized carbons (Fsp3) is 0.500. The number of carbonyl (C=O) groups excluding carboxylic acids is 1. The molecule has 1 saturated heterocycles. The number of anilines is 2. The molecule has 0 atom stereocenters. The molecule has 0 aliphatic carbocycles. The second-order valence-electron chi connectivity index (χ2n) is 5.79. The summed E-state index contributed by atoms with van der Waals surface area (Å²) in [6.07, 6.45) is 5.82. The number of hydrogen-bond donors (Lipinski definition) is 2.